The fourth-order valence-electron chi connectivity index (χ4n) is 2.93. The molecule has 166 valence electrons. The third-order valence-electron chi connectivity index (χ3n) is 4.40. The fraction of sp³-hybridized carbons (Fsp3) is 0.200. The van der Waals surface area contributed by atoms with Crippen LogP contribution in [0.2, 0.25) is 0 Å². The van der Waals surface area contributed by atoms with Gasteiger partial charge in [-0.25, -0.2) is 0 Å². The van der Waals surface area contributed by atoms with Crippen LogP contribution in [0.25, 0.3) is 6.08 Å². The van der Waals surface area contributed by atoms with Gasteiger partial charge in [0.2, 0.25) is 5.75 Å². The van der Waals surface area contributed by atoms with Crippen molar-refractivity contribution in [3.8, 4) is 17.2 Å². The van der Waals surface area contributed by atoms with E-state index in [2.05, 4.69) is 0 Å². The normalized spacial score (nSPS) is 14.7. The lowest BCUT2D eigenvalue weighted by atomic mass is 10.1. The van der Waals surface area contributed by atoms with Gasteiger partial charge < -0.3 is 9.47 Å². The molecule has 1 aliphatic heterocycles. The number of non-ortho nitro benzene ring substituents is 1. The molecule has 12 heteroatoms. The highest BCUT2D eigenvalue weighted by Gasteiger charge is 2.32. The Morgan fingerprint density at radius 3 is 2.53 bits per heavy atom. The third-order valence-corrected chi connectivity index (χ3v) is 5.78. The second kappa shape index (κ2) is 9.75. The minimum absolute atomic E-state index is 0.118. The number of benzene rings is 2. The van der Waals surface area contributed by atoms with E-state index < -0.39 is 21.2 Å². The Hall–Kier alpha value is -3.51. The first-order chi connectivity index (χ1) is 15.3. The van der Waals surface area contributed by atoms with Crippen molar-refractivity contribution in [2.45, 2.75) is 13.3 Å². The minimum Gasteiger partial charge on any atom is -0.493 e. The highest BCUT2D eigenvalue weighted by atomic mass is 32.2. The predicted molar refractivity (Wildman–Crippen MR) is 123 cm³/mol. The zero-order valence-electron chi connectivity index (χ0n) is 17.0. The average Bonchev–Trinajstić information content (AvgIpc) is 3.02. The van der Waals surface area contributed by atoms with Crippen molar-refractivity contribution in [2.75, 3.05) is 13.7 Å². The van der Waals surface area contributed by atoms with E-state index in [0.717, 1.165) is 36.4 Å². The minimum atomic E-state index is -0.771. The number of nitrogens with zero attached hydrogens (tertiary/aromatic N) is 3. The lowest BCUT2D eigenvalue weighted by Gasteiger charge is -2.14. The maximum Gasteiger partial charge on any atom is 0.318 e. The maximum absolute atomic E-state index is 12.7. The van der Waals surface area contributed by atoms with Gasteiger partial charge in [-0.1, -0.05) is 43.0 Å². The number of ether oxygens (including phenoxy) is 2. The molecule has 0 aromatic heterocycles. The van der Waals surface area contributed by atoms with Crippen molar-refractivity contribution in [3.05, 3.63) is 67.1 Å². The molecule has 10 nitrogen and oxygen atoms in total. The summed E-state index contributed by atoms with van der Waals surface area (Å²) in [7, 11) is 1.40. The molecule has 1 aliphatic rings. The number of nitro groups is 2. The van der Waals surface area contributed by atoms with Gasteiger partial charge >= 0.3 is 5.69 Å². The largest absolute Gasteiger partial charge is 0.493 e. The third kappa shape index (κ3) is 4.70. The summed E-state index contributed by atoms with van der Waals surface area (Å²) in [5, 5.41) is 22.5. The van der Waals surface area contributed by atoms with Gasteiger partial charge in [0.15, 0.2) is 11.5 Å². The first-order valence-electron chi connectivity index (χ1n) is 9.29. The van der Waals surface area contributed by atoms with E-state index in [1.54, 1.807) is 24.3 Å². The molecule has 1 amide bonds. The standard InChI is InChI=1S/C20H17N3O7S2/c1-3-9-21-19(24)17(32-20(21)31)10-12-5-4-6-16(29-2)18(12)30-15-8-7-13(22(25)26)11-14(15)23(27)28/h4-8,10-11H,3,9H2,1-2H3/b17-10-. The maximum atomic E-state index is 12.7. The number of thioether (sulfide) groups is 1. The molecular formula is C20H17N3O7S2. The van der Waals surface area contributed by atoms with Gasteiger partial charge in [0.25, 0.3) is 11.6 Å². The summed E-state index contributed by atoms with van der Waals surface area (Å²) in [6.07, 6.45) is 2.32. The van der Waals surface area contributed by atoms with E-state index in [4.69, 9.17) is 21.7 Å². The molecule has 1 fully saturated rings. The van der Waals surface area contributed by atoms with Crippen LogP contribution in [0.4, 0.5) is 11.4 Å². The number of hydrogen-bond donors (Lipinski definition) is 0. The molecule has 0 N–H and O–H groups in total. The van der Waals surface area contributed by atoms with Crippen LogP contribution in [0.3, 0.4) is 0 Å². The fourth-order valence-corrected chi connectivity index (χ4v) is 4.23. The number of thiocarbonyl (C=S) groups is 1. The summed E-state index contributed by atoms with van der Waals surface area (Å²) in [6, 6.07) is 7.99. The number of carbonyl (C=O) groups is 1. The first-order valence-corrected chi connectivity index (χ1v) is 10.5. The Morgan fingerprint density at radius 1 is 1.16 bits per heavy atom. The lowest BCUT2D eigenvalue weighted by molar-refractivity contribution is -0.394. The number of hydrogen-bond acceptors (Lipinski definition) is 9. The quantitative estimate of drug-likeness (QED) is 0.226. The Balaban J connectivity index is 2.06. The van der Waals surface area contributed by atoms with Crippen LogP contribution >= 0.6 is 24.0 Å². The molecule has 1 heterocycles. The summed E-state index contributed by atoms with van der Waals surface area (Å²) in [5.41, 5.74) is -0.594. The molecular weight excluding hydrogens is 458 g/mol. The van der Waals surface area contributed by atoms with Crippen molar-refractivity contribution in [3.63, 3.8) is 0 Å². The van der Waals surface area contributed by atoms with Crippen LogP contribution in [0.5, 0.6) is 17.2 Å². The molecule has 32 heavy (non-hydrogen) atoms. The Morgan fingerprint density at radius 2 is 1.91 bits per heavy atom. The number of amides is 1. The highest BCUT2D eigenvalue weighted by Crippen LogP contribution is 2.42. The van der Waals surface area contributed by atoms with Gasteiger partial charge in [0, 0.05) is 18.2 Å². The molecule has 0 atom stereocenters. The highest BCUT2D eigenvalue weighted by molar-refractivity contribution is 8.26. The summed E-state index contributed by atoms with van der Waals surface area (Å²) < 4.78 is 11.6. The number of methoxy groups -OCH3 is 1. The van der Waals surface area contributed by atoms with E-state index in [1.165, 1.54) is 12.0 Å². The summed E-state index contributed by atoms with van der Waals surface area (Å²) in [5.74, 6) is -0.0710. The predicted octanol–water partition coefficient (Wildman–Crippen LogP) is 4.92. The molecule has 2 aromatic rings. The monoisotopic (exact) mass is 475 g/mol. The summed E-state index contributed by atoms with van der Waals surface area (Å²) in [6.45, 7) is 2.44. The van der Waals surface area contributed by atoms with Gasteiger partial charge in [-0.2, -0.15) is 0 Å². The number of carbonyl (C=O) groups excluding carboxylic acids is 1. The van der Waals surface area contributed by atoms with Gasteiger partial charge in [-0.3, -0.25) is 29.9 Å². The van der Waals surface area contributed by atoms with Gasteiger partial charge in [-0.05, 0) is 24.6 Å². The van der Waals surface area contributed by atoms with Crippen LogP contribution in [0, 0.1) is 20.2 Å². The molecule has 0 saturated carbocycles. The Bertz CT molecular complexity index is 1150. The van der Waals surface area contributed by atoms with Crippen molar-refractivity contribution < 1.29 is 24.1 Å². The van der Waals surface area contributed by atoms with Gasteiger partial charge in [0.05, 0.1) is 27.9 Å². The van der Waals surface area contributed by atoms with Crippen molar-refractivity contribution in [1.82, 2.24) is 4.90 Å². The molecule has 0 unspecified atom stereocenters. The SMILES string of the molecule is CCCN1C(=O)/C(=C/c2cccc(OC)c2Oc2ccc([N+](=O)[O-])cc2[N+](=O)[O-])SC1=S. The molecule has 0 radical (unpaired) electrons. The zero-order chi connectivity index (χ0) is 23.4. The number of rotatable bonds is 8. The van der Waals surface area contributed by atoms with Crippen molar-refractivity contribution in [2.24, 2.45) is 0 Å². The molecule has 0 bridgehead atoms. The van der Waals surface area contributed by atoms with Gasteiger partial charge in [-0.15, -0.1) is 0 Å². The number of para-hydroxylation sites is 1. The van der Waals surface area contributed by atoms with Crippen LogP contribution in [-0.2, 0) is 4.79 Å². The number of nitro benzene ring substituents is 2. The summed E-state index contributed by atoms with van der Waals surface area (Å²) >= 11 is 6.43. The van der Waals surface area contributed by atoms with Crippen molar-refractivity contribution in [1.29, 1.82) is 0 Å². The smallest absolute Gasteiger partial charge is 0.318 e. The van der Waals surface area contributed by atoms with E-state index >= 15 is 0 Å². The van der Waals surface area contributed by atoms with Crippen LogP contribution < -0.4 is 9.47 Å². The average molecular weight is 476 g/mol. The van der Waals surface area contributed by atoms with E-state index in [9.17, 15) is 25.0 Å². The van der Waals surface area contributed by atoms with E-state index in [1.807, 2.05) is 6.92 Å². The van der Waals surface area contributed by atoms with Crippen LogP contribution in [0.1, 0.15) is 18.9 Å². The van der Waals surface area contributed by atoms with E-state index in [-0.39, 0.29) is 23.2 Å². The zero-order valence-corrected chi connectivity index (χ0v) is 18.6. The first kappa shape index (κ1) is 23.2. The Labute approximate surface area is 192 Å². The molecule has 3 rings (SSSR count). The second-order valence-electron chi connectivity index (χ2n) is 6.48. The van der Waals surface area contributed by atoms with Crippen molar-refractivity contribution >= 4 is 51.7 Å². The molecule has 2 aromatic carbocycles. The second-order valence-corrected chi connectivity index (χ2v) is 8.16. The molecule has 0 spiro atoms. The van der Waals surface area contributed by atoms with E-state index in [0.29, 0.717) is 21.3 Å². The molecule has 0 aliphatic carbocycles. The lowest BCUT2D eigenvalue weighted by Crippen LogP contribution is -2.28. The molecule has 1 saturated heterocycles. The van der Waals surface area contributed by atoms with Crippen LogP contribution in [-0.4, -0.2) is 38.6 Å². The van der Waals surface area contributed by atoms with Gasteiger partial charge in [0.1, 0.15) is 4.32 Å². The Kier molecular flexibility index (Phi) is 7.05. The topological polar surface area (TPSA) is 125 Å². The van der Waals surface area contributed by atoms with Crippen LogP contribution in [0.15, 0.2) is 41.3 Å². The summed E-state index contributed by atoms with van der Waals surface area (Å²) in [4.78, 5) is 35.5.